The molecular formula is C11H11ClO2. The zero-order valence-electron chi connectivity index (χ0n) is 8.08. The maximum absolute atomic E-state index is 11.3. The first-order valence-electron chi connectivity index (χ1n) is 4.28. The number of alkyl halides is 1. The quantitative estimate of drug-likeness (QED) is 0.567. The van der Waals surface area contributed by atoms with Gasteiger partial charge in [-0.1, -0.05) is 24.3 Å². The number of hydrogen-bond acceptors (Lipinski definition) is 2. The number of halogens is 1. The highest BCUT2D eigenvalue weighted by molar-refractivity contribution is 6.48. The lowest BCUT2D eigenvalue weighted by Crippen LogP contribution is -2.16. The number of aryl methyl sites for hydroxylation is 1. The van der Waals surface area contributed by atoms with Crippen LogP contribution in [-0.4, -0.2) is 11.6 Å². The lowest BCUT2D eigenvalue weighted by Gasteiger charge is -2.09. The molecule has 0 spiro atoms. The van der Waals surface area contributed by atoms with Crippen LogP contribution in [0.2, 0.25) is 0 Å². The molecule has 0 saturated carbocycles. The Labute approximate surface area is 87.9 Å². The van der Waals surface area contributed by atoms with E-state index in [-0.39, 0.29) is 0 Å². The van der Waals surface area contributed by atoms with Crippen LogP contribution in [-0.2, 0) is 9.59 Å². The first-order chi connectivity index (χ1) is 6.54. The first kappa shape index (κ1) is 10.9. The van der Waals surface area contributed by atoms with E-state index in [1.807, 2.05) is 19.1 Å². The topological polar surface area (TPSA) is 34.1 Å². The molecule has 0 aliphatic carbocycles. The number of Topliss-reactive ketones (excluding diaryl/α,β-unsaturated/α-hetero) is 2. The van der Waals surface area contributed by atoms with Gasteiger partial charge >= 0.3 is 0 Å². The largest absolute Gasteiger partial charge is 0.291 e. The summed E-state index contributed by atoms with van der Waals surface area (Å²) in [5.41, 5.74) is 1.62. The molecule has 0 N–H and O–H groups in total. The summed E-state index contributed by atoms with van der Waals surface area (Å²) >= 11 is 5.89. The van der Waals surface area contributed by atoms with Gasteiger partial charge in [-0.25, -0.2) is 0 Å². The zero-order valence-corrected chi connectivity index (χ0v) is 8.84. The predicted molar refractivity (Wildman–Crippen MR) is 55.5 cm³/mol. The van der Waals surface area contributed by atoms with Crippen molar-refractivity contribution in [3.8, 4) is 0 Å². The van der Waals surface area contributed by atoms with Crippen molar-refractivity contribution in [3.63, 3.8) is 0 Å². The van der Waals surface area contributed by atoms with Gasteiger partial charge < -0.3 is 0 Å². The molecule has 1 atom stereocenters. The van der Waals surface area contributed by atoms with Gasteiger partial charge in [0, 0.05) is 6.92 Å². The molecule has 1 aromatic rings. The van der Waals surface area contributed by atoms with E-state index in [1.54, 1.807) is 12.1 Å². The van der Waals surface area contributed by atoms with Gasteiger partial charge in [0.25, 0.3) is 0 Å². The number of benzene rings is 1. The number of carbonyl (C=O) groups excluding carboxylic acids is 2. The van der Waals surface area contributed by atoms with Gasteiger partial charge in [-0.3, -0.25) is 9.59 Å². The summed E-state index contributed by atoms with van der Waals surface area (Å²) in [6.07, 6.45) is 0. The lowest BCUT2D eigenvalue weighted by molar-refractivity contribution is -0.135. The first-order valence-corrected chi connectivity index (χ1v) is 4.72. The van der Waals surface area contributed by atoms with Crippen LogP contribution < -0.4 is 0 Å². The summed E-state index contributed by atoms with van der Waals surface area (Å²) in [6.45, 7) is 3.09. The van der Waals surface area contributed by atoms with Crippen LogP contribution in [0.5, 0.6) is 0 Å². The van der Waals surface area contributed by atoms with Gasteiger partial charge in [-0.15, -0.1) is 11.6 Å². The van der Waals surface area contributed by atoms with Crippen molar-refractivity contribution in [2.24, 2.45) is 0 Å². The summed E-state index contributed by atoms with van der Waals surface area (Å²) < 4.78 is 0. The summed E-state index contributed by atoms with van der Waals surface area (Å²) in [5.74, 6) is -1.06. The molecular weight excluding hydrogens is 200 g/mol. The molecule has 0 aliphatic rings. The lowest BCUT2D eigenvalue weighted by atomic mass is 10.0. The van der Waals surface area contributed by atoms with Crippen LogP contribution in [0.4, 0.5) is 0 Å². The van der Waals surface area contributed by atoms with Crippen molar-refractivity contribution in [1.82, 2.24) is 0 Å². The number of rotatable bonds is 3. The molecule has 0 saturated heterocycles. The van der Waals surface area contributed by atoms with Gasteiger partial charge in [0.05, 0.1) is 0 Å². The maximum Gasteiger partial charge on any atom is 0.220 e. The van der Waals surface area contributed by atoms with Crippen LogP contribution in [0.15, 0.2) is 24.3 Å². The Hall–Kier alpha value is -1.15. The van der Waals surface area contributed by atoms with E-state index in [4.69, 9.17) is 11.6 Å². The second-order valence-electron chi connectivity index (χ2n) is 3.14. The van der Waals surface area contributed by atoms with Gasteiger partial charge in [-0.05, 0) is 18.1 Å². The maximum atomic E-state index is 11.3. The van der Waals surface area contributed by atoms with E-state index >= 15 is 0 Å². The molecule has 3 heteroatoms. The summed E-state index contributed by atoms with van der Waals surface area (Å²) in [4.78, 5) is 22.1. The molecule has 1 unspecified atom stereocenters. The van der Waals surface area contributed by atoms with E-state index < -0.39 is 16.9 Å². The molecule has 1 rings (SSSR count). The summed E-state index contributed by atoms with van der Waals surface area (Å²) in [6, 6.07) is 7.28. The molecule has 0 aromatic heterocycles. The number of ketones is 2. The van der Waals surface area contributed by atoms with Crippen molar-refractivity contribution >= 4 is 23.2 Å². The van der Waals surface area contributed by atoms with E-state index in [1.165, 1.54) is 6.92 Å². The van der Waals surface area contributed by atoms with Gasteiger partial charge in [0.2, 0.25) is 5.78 Å². The zero-order chi connectivity index (χ0) is 10.7. The highest BCUT2D eigenvalue weighted by atomic mass is 35.5. The molecule has 0 aliphatic heterocycles. The molecule has 0 radical (unpaired) electrons. The normalized spacial score (nSPS) is 12.2. The summed E-state index contributed by atoms with van der Waals surface area (Å²) in [5, 5.41) is -0.853. The molecule has 2 nitrogen and oxygen atoms in total. The standard InChI is InChI=1S/C11H11ClO2/c1-7-5-3-4-6-9(7)10(12)11(14)8(2)13/h3-6,10H,1-2H3. The fraction of sp³-hybridized carbons (Fsp3) is 0.273. The van der Waals surface area contributed by atoms with Crippen molar-refractivity contribution < 1.29 is 9.59 Å². The molecule has 0 fully saturated rings. The van der Waals surface area contributed by atoms with Crippen molar-refractivity contribution in [1.29, 1.82) is 0 Å². The molecule has 0 amide bonds. The van der Waals surface area contributed by atoms with Crippen molar-refractivity contribution in [3.05, 3.63) is 35.4 Å². The Kier molecular flexibility index (Phi) is 3.42. The van der Waals surface area contributed by atoms with Crippen molar-refractivity contribution in [2.75, 3.05) is 0 Å². The van der Waals surface area contributed by atoms with Gasteiger partial charge in [0.15, 0.2) is 5.78 Å². The Bertz CT molecular complexity index is 371. The average Bonchev–Trinajstić information content (AvgIpc) is 2.16. The molecule has 14 heavy (non-hydrogen) atoms. The second-order valence-corrected chi connectivity index (χ2v) is 3.58. The monoisotopic (exact) mass is 210 g/mol. The fourth-order valence-electron chi connectivity index (χ4n) is 1.19. The van der Waals surface area contributed by atoms with Crippen molar-refractivity contribution in [2.45, 2.75) is 19.2 Å². The predicted octanol–water partition coefficient (Wildman–Crippen LogP) is 2.43. The van der Waals surface area contributed by atoms with Crippen LogP contribution in [0.1, 0.15) is 23.4 Å². The van der Waals surface area contributed by atoms with Crippen LogP contribution in [0.3, 0.4) is 0 Å². The van der Waals surface area contributed by atoms with E-state index in [0.29, 0.717) is 5.56 Å². The Balaban J connectivity index is 3.01. The van der Waals surface area contributed by atoms with Gasteiger partial charge in [-0.2, -0.15) is 0 Å². The minimum Gasteiger partial charge on any atom is -0.291 e. The second kappa shape index (κ2) is 4.38. The Morgan fingerprint density at radius 3 is 2.36 bits per heavy atom. The third kappa shape index (κ3) is 2.20. The molecule has 0 heterocycles. The number of hydrogen-bond donors (Lipinski definition) is 0. The fourth-order valence-corrected chi connectivity index (χ4v) is 1.59. The average molecular weight is 211 g/mol. The van der Waals surface area contributed by atoms with E-state index in [0.717, 1.165) is 5.56 Å². The van der Waals surface area contributed by atoms with E-state index in [2.05, 4.69) is 0 Å². The highest BCUT2D eigenvalue weighted by Crippen LogP contribution is 2.24. The Morgan fingerprint density at radius 1 is 1.29 bits per heavy atom. The molecule has 74 valence electrons. The smallest absolute Gasteiger partial charge is 0.220 e. The van der Waals surface area contributed by atoms with Crippen LogP contribution in [0, 0.1) is 6.92 Å². The minimum absolute atomic E-state index is 0.506. The number of carbonyl (C=O) groups is 2. The van der Waals surface area contributed by atoms with Crippen LogP contribution in [0.25, 0.3) is 0 Å². The third-order valence-electron chi connectivity index (χ3n) is 2.04. The third-order valence-corrected chi connectivity index (χ3v) is 2.47. The Morgan fingerprint density at radius 2 is 1.86 bits per heavy atom. The molecule has 1 aromatic carbocycles. The van der Waals surface area contributed by atoms with Gasteiger partial charge in [0.1, 0.15) is 5.38 Å². The summed E-state index contributed by atoms with van der Waals surface area (Å²) in [7, 11) is 0. The SMILES string of the molecule is CC(=O)C(=O)C(Cl)c1ccccc1C. The minimum atomic E-state index is -0.853. The molecule has 0 bridgehead atoms. The van der Waals surface area contributed by atoms with Crippen LogP contribution >= 0.6 is 11.6 Å². The highest BCUT2D eigenvalue weighted by Gasteiger charge is 2.22. The van der Waals surface area contributed by atoms with E-state index in [9.17, 15) is 9.59 Å².